The Morgan fingerprint density at radius 1 is 1.07 bits per heavy atom. The lowest BCUT2D eigenvalue weighted by molar-refractivity contribution is 0.199. The van der Waals surface area contributed by atoms with Gasteiger partial charge in [0.25, 0.3) is 0 Å². The second-order valence-electron chi connectivity index (χ2n) is 7.20. The highest BCUT2D eigenvalue weighted by molar-refractivity contribution is 5.91. The highest BCUT2D eigenvalue weighted by atomic mass is 19.1. The van der Waals surface area contributed by atoms with E-state index < -0.39 is 6.10 Å². The van der Waals surface area contributed by atoms with Crippen LogP contribution in [0.1, 0.15) is 29.7 Å². The van der Waals surface area contributed by atoms with Gasteiger partial charge in [0.15, 0.2) is 0 Å². The molecule has 3 aromatic carbocycles. The van der Waals surface area contributed by atoms with E-state index in [4.69, 9.17) is 4.74 Å². The topological polar surface area (TPSA) is 67.3 Å². The summed E-state index contributed by atoms with van der Waals surface area (Å²) in [5.41, 5.74) is 4.17. The second kappa shape index (κ2) is 8.47. The van der Waals surface area contributed by atoms with Gasteiger partial charge in [-0.05, 0) is 73.0 Å². The SMILES string of the molecule is Cc1cc(Nc2ncnc3ccc(C(C)O)cc23)ccc1OCc1cccc(F)c1. The summed E-state index contributed by atoms with van der Waals surface area (Å²) in [6.07, 6.45) is 0.940. The van der Waals surface area contributed by atoms with Crippen LogP contribution in [-0.2, 0) is 6.61 Å². The van der Waals surface area contributed by atoms with E-state index in [9.17, 15) is 9.50 Å². The van der Waals surface area contributed by atoms with Gasteiger partial charge in [0.05, 0.1) is 11.6 Å². The third-order valence-electron chi connectivity index (χ3n) is 4.86. The van der Waals surface area contributed by atoms with Crippen molar-refractivity contribution in [1.82, 2.24) is 9.97 Å². The molecule has 0 amide bonds. The largest absolute Gasteiger partial charge is 0.489 e. The molecule has 152 valence electrons. The van der Waals surface area contributed by atoms with Crippen molar-refractivity contribution in [2.24, 2.45) is 0 Å². The Morgan fingerprint density at radius 2 is 1.93 bits per heavy atom. The fourth-order valence-electron chi connectivity index (χ4n) is 3.25. The first-order chi connectivity index (χ1) is 14.5. The summed E-state index contributed by atoms with van der Waals surface area (Å²) in [4.78, 5) is 8.66. The van der Waals surface area contributed by atoms with E-state index in [0.29, 0.717) is 12.4 Å². The molecular formula is C24H22FN3O2. The van der Waals surface area contributed by atoms with Gasteiger partial charge in [-0.15, -0.1) is 0 Å². The molecule has 6 heteroatoms. The zero-order valence-corrected chi connectivity index (χ0v) is 16.8. The fraction of sp³-hybridized carbons (Fsp3) is 0.167. The summed E-state index contributed by atoms with van der Waals surface area (Å²) in [5, 5.41) is 14.0. The predicted octanol–water partition coefficient (Wildman–Crippen LogP) is 5.45. The molecule has 30 heavy (non-hydrogen) atoms. The van der Waals surface area contributed by atoms with Crippen molar-refractivity contribution >= 4 is 22.4 Å². The number of benzene rings is 3. The van der Waals surface area contributed by atoms with Crippen LogP contribution in [0.4, 0.5) is 15.9 Å². The van der Waals surface area contributed by atoms with Crippen molar-refractivity contribution in [2.75, 3.05) is 5.32 Å². The number of aromatic nitrogens is 2. The highest BCUT2D eigenvalue weighted by Crippen LogP contribution is 2.28. The monoisotopic (exact) mass is 403 g/mol. The number of fused-ring (bicyclic) bond motifs is 1. The normalized spacial score (nSPS) is 12.0. The van der Waals surface area contributed by atoms with Gasteiger partial charge in [0, 0.05) is 11.1 Å². The first-order valence-corrected chi connectivity index (χ1v) is 9.67. The summed E-state index contributed by atoms with van der Waals surface area (Å²) < 4.78 is 19.2. The molecule has 0 radical (unpaired) electrons. The number of anilines is 2. The van der Waals surface area contributed by atoms with Crippen molar-refractivity contribution in [3.8, 4) is 5.75 Å². The van der Waals surface area contributed by atoms with Crippen LogP contribution < -0.4 is 10.1 Å². The molecule has 1 unspecified atom stereocenters. The lowest BCUT2D eigenvalue weighted by atomic mass is 10.1. The first kappa shape index (κ1) is 19.8. The number of aliphatic hydroxyl groups is 1. The number of rotatable bonds is 6. The van der Waals surface area contributed by atoms with Crippen LogP contribution in [-0.4, -0.2) is 15.1 Å². The van der Waals surface area contributed by atoms with Gasteiger partial charge in [0.1, 0.15) is 30.3 Å². The van der Waals surface area contributed by atoms with Gasteiger partial charge < -0.3 is 15.2 Å². The van der Waals surface area contributed by atoms with E-state index >= 15 is 0 Å². The minimum atomic E-state index is -0.570. The van der Waals surface area contributed by atoms with Gasteiger partial charge in [-0.2, -0.15) is 0 Å². The zero-order valence-electron chi connectivity index (χ0n) is 16.8. The Kier molecular flexibility index (Phi) is 5.59. The third-order valence-corrected chi connectivity index (χ3v) is 4.86. The Hall–Kier alpha value is -3.51. The van der Waals surface area contributed by atoms with Crippen molar-refractivity contribution in [2.45, 2.75) is 26.6 Å². The number of aliphatic hydroxyl groups excluding tert-OH is 1. The lowest BCUT2D eigenvalue weighted by Gasteiger charge is -2.13. The molecular weight excluding hydrogens is 381 g/mol. The zero-order chi connectivity index (χ0) is 21.1. The Balaban J connectivity index is 1.54. The van der Waals surface area contributed by atoms with E-state index in [-0.39, 0.29) is 5.82 Å². The molecule has 0 saturated heterocycles. The molecule has 4 rings (SSSR count). The van der Waals surface area contributed by atoms with E-state index in [1.165, 1.54) is 18.5 Å². The van der Waals surface area contributed by atoms with Crippen LogP contribution in [0.2, 0.25) is 0 Å². The highest BCUT2D eigenvalue weighted by Gasteiger charge is 2.09. The number of hydrogen-bond acceptors (Lipinski definition) is 5. The van der Waals surface area contributed by atoms with Crippen LogP contribution in [0.25, 0.3) is 10.9 Å². The number of nitrogens with zero attached hydrogens (tertiary/aromatic N) is 2. The molecule has 0 aliphatic carbocycles. The molecule has 0 bridgehead atoms. The smallest absolute Gasteiger partial charge is 0.141 e. The van der Waals surface area contributed by atoms with E-state index in [0.717, 1.165) is 39.0 Å². The minimum absolute atomic E-state index is 0.275. The number of hydrogen-bond donors (Lipinski definition) is 2. The number of ether oxygens (including phenoxy) is 1. The van der Waals surface area contributed by atoms with Crippen molar-refractivity contribution in [1.29, 1.82) is 0 Å². The molecule has 0 saturated carbocycles. The quantitative estimate of drug-likeness (QED) is 0.448. The Morgan fingerprint density at radius 3 is 2.70 bits per heavy atom. The molecule has 0 aliphatic heterocycles. The molecule has 4 aromatic rings. The molecule has 1 aromatic heterocycles. The molecule has 0 fully saturated rings. The van der Waals surface area contributed by atoms with Crippen LogP contribution in [0.3, 0.4) is 0 Å². The predicted molar refractivity (Wildman–Crippen MR) is 115 cm³/mol. The maximum absolute atomic E-state index is 13.3. The summed E-state index contributed by atoms with van der Waals surface area (Å²) >= 11 is 0. The Labute approximate surface area is 174 Å². The van der Waals surface area contributed by atoms with Gasteiger partial charge >= 0.3 is 0 Å². The molecule has 1 atom stereocenters. The summed E-state index contributed by atoms with van der Waals surface area (Å²) in [7, 11) is 0. The molecule has 1 heterocycles. The molecule has 5 nitrogen and oxygen atoms in total. The average Bonchev–Trinajstić information content (AvgIpc) is 2.73. The minimum Gasteiger partial charge on any atom is -0.489 e. The van der Waals surface area contributed by atoms with Crippen LogP contribution in [0.15, 0.2) is 67.0 Å². The number of nitrogens with one attached hydrogen (secondary N) is 1. The molecule has 0 spiro atoms. The van der Waals surface area contributed by atoms with E-state index in [2.05, 4.69) is 15.3 Å². The van der Waals surface area contributed by atoms with Gasteiger partial charge in [-0.25, -0.2) is 14.4 Å². The standard InChI is InChI=1S/C24H22FN3O2/c1-15-10-20(7-9-23(15)30-13-17-4-3-5-19(25)11-17)28-24-21-12-18(16(2)29)6-8-22(21)26-14-27-24/h3-12,14,16,29H,13H2,1-2H3,(H,26,27,28). The average molecular weight is 403 g/mol. The van der Waals surface area contributed by atoms with E-state index in [1.54, 1.807) is 13.0 Å². The summed E-state index contributed by atoms with van der Waals surface area (Å²) in [6.45, 7) is 3.98. The lowest BCUT2D eigenvalue weighted by Crippen LogP contribution is -2.00. The van der Waals surface area contributed by atoms with Crippen molar-refractivity contribution < 1.29 is 14.2 Å². The Bertz CT molecular complexity index is 1190. The summed E-state index contributed by atoms with van der Waals surface area (Å²) in [6, 6.07) is 17.8. The second-order valence-corrected chi connectivity index (χ2v) is 7.20. The fourth-order valence-corrected chi connectivity index (χ4v) is 3.25. The molecule has 2 N–H and O–H groups in total. The molecule has 0 aliphatic rings. The van der Waals surface area contributed by atoms with E-state index in [1.807, 2.05) is 49.4 Å². The van der Waals surface area contributed by atoms with Gasteiger partial charge in [0.2, 0.25) is 0 Å². The number of halogens is 1. The number of aryl methyl sites for hydroxylation is 1. The maximum atomic E-state index is 13.3. The van der Waals surface area contributed by atoms with Gasteiger partial charge in [-0.1, -0.05) is 18.2 Å². The van der Waals surface area contributed by atoms with Crippen LogP contribution >= 0.6 is 0 Å². The van der Waals surface area contributed by atoms with Crippen molar-refractivity contribution in [3.05, 3.63) is 89.5 Å². The first-order valence-electron chi connectivity index (χ1n) is 9.67. The van der Waals surface area contributed by atoms with Gasteiger partial charge in [-0.3, -0.25) is 0 Å². The third kappa shape index (κ3) is 4.39. The summed E-state index contributed by atoms with van der Waals surface area (Å²) in [5.74, 6) is 1.12. The maximum Gasteiger partial charge on any atom is 0.141 e. The van der Waals surface area contributed by atoms with Crippen molar-refractivity contribution in [3.63, 3.8) is 0 Å². The van der Waals surface area contributed by atoms with Crippen LogP contribution in [0.5, 0.6) is 5.75 Å². The van der Waals surface area contributed by atoms with Crippen LogP contribution in [0, 0.1) is 12.7 Å².